The average Bonchev–Trinajstić information content (AvgIpc) is 3.09. The van der Waals surface area contributed by atoms with Gasteiger partial charge in [0.05, 0.1) is 6.61 Å². The molecule has 1 aromatic rings. The van der Waals surface area contributed by atoms with Crippen molar-refractivity contribution in [2.45, 2.75) is 38.8 Å². The smallest absolute Gasteiger partial charge is 0.190 e. The number of rotatable bonds is 6. The molecule has 2 nitrogen and oxygen atoms in total. The SMILES string of the molecule is CCCOc1c(F)cc(CNC2CC2)cc1F. The summed E-state index contributed by atoms with van der Waals surface area (Å²) in [6.07, 6.45) is 3.04. The van der Waals surface area contributed by atoms with Crippen molar-refractivity contribution in [3.8, 4) is 5.75 Å². The van der Waals surface area contributed by atoms with Crippen molar-refractivity contribution in [1.29, 1.82) is 0 Å². The van der Waals surface area contributed by atoms with Crippen LogP contribution < -0.4 is 10.1 Å². The van der Waals surface area contributed by atoms with Crippen LogP contribution in [0.3, 0.4) is 0 Å². The van der Waals surface area contributed by atoms with Gasteiger partial charge in [-0.15, -0.1) is 0 Å². The Labute approximate surface area is 100.0 Å². The molecule has 0 unspecified atom stereocenters. The highest BCUT2D eigenvalue weighted by molar-refractivity contribution is 5.31. The lowest BCUT2D eigenvalue weighted by atomic mass is 10.2. The van der Waals surface area contributed by atoms with Gasteiger partial charge in [-0.25, -0.2) is 8.78 Å². The number of hydrogen-bond acceptors (Lipinski definition) is 2. The lowest BCUT2D eigenvalue weighted by Gasteiger charge is -2.09. The maximum Gasteiger partial charge on any atom is 0.190 e. The van der Waals surface area contributed by atoms with Crippen molar-refractivity contribution in [1.82, 2.24) is 5.32 Å². The number of nitrogens with one attached hydrogen (secondary N) is 1. The first-order chi connectivity index (χ1) is 8.20. The van der Waals surface area contributed by atoms with Crippen molar-refractivity contribution in [3.63, 3.8) is 0 Å². The monoisotopic (exact) mass is 241 g/mol. The third-order valence-electron chi connectivity index (χ3n) is 2.68. The van der Waals surface area contributed by atoms with Gasteiger partial charge in [-0.3, -0.25) is 0 Å². The molecule has 0 aromatic heterocycles. The molecule has 1 aromatic carbocycles. The maximum absolute atomic E-state index is 13.6. The number of benzene rings is 1. The van der Waals surface area contributed by atoms with Gasteiger partial charge in [-0.1, -0.05) is 6.92 Å². The Hall–Kier alpha value is -1.16. The molecule has 0 heterocycles. The van der Waals surface area contributed by atoms with Gasteiger partial charge in [-0.2, -0.15) is 0 Å². The van der Waals surface area contributed by atoms with E-state index in [1.54, 1.807) is 0 Å². The highest BCUT2D eigenvalue weighted by Crippen LogP contribution is 2.24. The van der Waals surface area contributed by atoms with E-state index in [2.05, 4.69) is 5.32 Å². The first kappa shape index (κ1) is 12.3. The van der Waals surface area contributed by atoms with E-state index in [9.17, 15) is 8.78 Å². The first-order valence-corrected chi connectivity index (χ1v) is 6.04. The second kappa shape index (κ2) is 5.45. The third-order valence-corrected chi connectivity index (χ3v) is 2.68. The molecule has 0 amide bonds. The molecule has 94 valence electrons. The van der Waals surface area contributed by atoms with Gasteiger partial charge in [0.25, 0.3) is 0 Å². The highest BCUT2D eigenvalue weighted by atomic mass is 19.1. The van der Waals surface area contributed by atoms with Crippen molar-refractivity contribution < 1.29 is 13.5 Å². The number of hydrogen-bond donors (Lipinski definition) is 1. The largest absolute Gasteiger partial charge is 0.488 e. The van der Waals surface area contributed by atoms with Crippen LogP contribution in [-0.4, -0.2) is 12.6 Å². The summed E-state index contributed by atoms with van der Waals surface area (Å²) >= 11 is 0. The van der Waals surface area contributed by atoms with Crippen molar-refractivity contribution in [2.24, 2.45) is 0 Å². The standard InChI is InChI=1S/C13H17F2NO/c1-2-5-17-13-11(14)6-9(7-12(13)15)8-16-10-3-4-10/h6-7,10,16H,2-5,8H2,1H3. The fourth-order valence-electron chi connectivity index (χ4n) is 1.61. The summed E-state index contributed by atoms with van der Waals surface area (Å²) in [5.74, 6) is -1.50. The Kier molecular flexibility index (Phi) is 3.94. The molecule has 4 heteroatoms. The lowest BCUT2D eigenvalue weighted by molar-refractivity contribution is 0.284. The summed E-state index contributed by atoms with van der Waals surface area (Å²) in [7, 11) is 0. The van der Waals surface area contributed by atoms with Gasteiger partial charge in [-0.05, 0) is 37.0 Å². The first-order valence-electron chi connectivity index (χ1n) is 6.04. The summed E-state index contributed by atoms with van der Waals surface area (Å²) in [4.78, 5) is 0. The second-order valence-electron chi connectivity index (χ2n) is 4.39. The van der Waals surface area contributed by atoms with E-state index in [0.717, 1.165) is 19.3 Å². The van der Waals surface area contributed by atoms with Crippen LogP contribution in [0, 0.1) is 11.6 Å². The minimum Gasteiger partial charge on any atom is -0.488 e. The molecule has 2 rings (SSSR count). The van der Waals surface area contributed by atoms with E-state index >= 15 is 0 Å². The van der Waals surface area contributed by atoms with Gasteiger partial charge in [0.2, 0.25) is 0 Å². The van der Waals surface area contributed by atoms with E-state index in [4.69, 9.17) is 4.74 Å². The predicted molar refractivity (Wildman–Crippen MR) is 62.0 cm³/mol. The molecular formula is C13H17F2NO. The van der Waals surface area contributed by atoms with Gasteiger partial charge in [0.15, 0.2) is 17.4 Å². The molecule has 0 spiro atoms. The normalized spacial score (nSPS) is 15.0. The van der Waals surface area contributed by atoms with Crippen molar-refractivity contribution in [2.75, 3.05) is 6.61 Å². The highest BCUT2D eigenvalue weighted by Gasteiger charge is 2.20. The van der Waals surface area contributed by atoms with Crippen LogP contribution in [0.4, 0.5) is 8.78 Å². The average molecular weight is 241 g/mol. The van der Waals surface area contributed by atoms with Crippen LogP contribution in [0.2, 0.25) is 0 Å². The molecular weight excluding hydrogens is 224 g/mol. The Balaban J connectivity index is 2.03. The number of halogens is 2. The number of ether oxygens (including phenoxy) is 1. The Bertz CT molecular complexity index is 368. The van der Waals surface area contributed by atoms with Gasteiger partial charge >= 0.3 is 0 Å². The summed E-state index contributed by atoms with van der Waals surface area (Å²) in [6.45, 7) is 2.73. The van der Waals surface area contributed by atoms with Crippen LogP contribution in [0.25, 0.3) is 0 Å². The third kappa shape index (κ3) is 3.40. The van der Waals surface area contributed by atoms with E-state index in [1.165, 1.54) is 12.1 Å². The van der Waals surface area contributed by atoms with E-state index < -0.39 is 11.6 Å². The summed E-state index contributed by atoms with van der Waals surface area (Å²) < 4.78 is 32.2. The van der Waals surface area contributed by atoms with E-state index in [1.807, 2.05) is 6.92 Å². The zero-order chi connectivity index (χ0) is 12.3. The molecule has 1 saturated carbocycles. The van der Waals surface area contributed by atoms with Gasteiger partial charge in [0.1, 0.15) is 0 Å². The summed E-state index contributed by atoms with van der Waals surface area (Å²) in [5.41, 5.74) is 0.621. The lowest BCUT2D eigenvalue weighted by Crippen LogP contribution is -2.15. The fourth-order valence-corrected chi connectivity index (χ4v) is 1.61. The second-order valence-corrected chi connectivity index (χ2v) is 4.39. The molecule has 1 fully saturated rings. The molecule has 17 heavy (non-hydrogen) atoms. The summed E-state index contributed by atoms with van der Waals surface area (Å²) in [6, 6.07) is 3.20. The molecule has 1 aliphatic carbocycles. The topological polar surface area (TPSA) is 21.3 Å². The molecule has 1 aliphatic rings. The zero-order valence-corrected chi connectivity index (χ0v) is 9.93. The fraction of sp³-hybridized carbons (Fsp3) is 0.538. The Morgan fingerprint density at radius 2 is 1.94 bits per heavy atom. The van der Waals surface area contributed by atoms with Crippen LogP contribution >= 0.6 is 0 Å². The van der Waals surface area contributed by atoms with Crippen LogP contribution in [0.5, 0.6) is 5.75 Å². The van der Waals surface area contributed by atoms with Crippen LogP contribution in [0.1, 0.15) is 31.7 Å². The zero-order valence-electron chi connectivity index (χ0n) is 9.93. The maximum atomic E-state index is 13.6. The van der Waals surface area contributed by atoms with Gasteiger partial charge in [0, 0.05) is 12.6 Å². The quantitative estimate of drug-likeness (QED) is 0.826. The van der Waals surface area contributed by atoms with Crippen molar-refractivity contribution in [3.05, 3.63) is 29.3 Å². The Morgan fingerprint density at radius 1 is 1.29 bits per heavy atom. The molecule has 0 saturated heterocycles. The Morgan fingerprint density at radius 3 is 2.47 bits per heavy atom. The summed E-state index contributed by atoms with van der Waals surface area (Å²) in [5, 5.41) is 3.22. The van der Waals surface area contributed by atoms with Crippen LogP contribution in [-0.2, 0) is 6.54 Å². The molecule has 0 aliphatic heterocycles. The van der Waals surface area contributed by atoms with E-state index in [-0.39, 0.29) is 5.75 Å². The molecule has 1 N–H and O–H groups in total. The molecule has 0 bridgehead atoms. The minimum absolute atomic E-state index is 0.262. The van der Waals surface area contributed by atoms with Crippen molar-refractivity contribution >= 4 is 0 Å². The van der Waals surface area contributed by atoms with Crippen LogP contribution in [0.15, 0.2) is 12.1 Å². The van der Waals surface area contributed by atoms with E-state index in [0.29, 0.717) is 24.8 Å². The molecule has 0 atom stereocenters. The molecule has 0 radical (unpaired) electrons. The van der Waals surface area contributed by atoms with Gasteiger partial charge < -0.3 is 10.1 Å². The minimum atomic E-state index is -0.619. The predicted octanol–water partition coefficient (Wildman–Crippen LogP) is 3.01.